The van der Waals surface area contributed by atoms with Crippen molar-refractivity contribution >= 4 is 16.8 Å². The fourth-order valence-electron chi connectivity index (χ4n) is 3.33. The maximum absolute atomic E-state index is 12.5. The van der Waals surface area contributed by atoms with Gasteiger partial charge in [0.15, 0.2) is 0 Å². The van der Waals surface area contributed by atoms with Crippen LogP contribution in [0.1, 0.15) is 37.3 Å². The van der Waals surface area contributed by atoms with E-state index in [0.29, 0.717) is 6.42 Å². The van der Waals surface area contributed by atoms with E-state index in [2.05, 4.69) is 37.0 Å². The summed E-state index contributed by atoms with van der Waals surface area (Å²) >= 11 is 0. The molecule has 4 nitrogen and oxygen atoms in total. The molecule has 1 amide bonds. The normalized spacial score (nSPS) is 17.6. The second-order valence-corrected chi connectivity index (χ2v) is 6.90. The zero-order valence-corrected chi connectivity index (χ0v) is 14.3. The molecule has 2 aromatic rings. The van der Waals surface area contributed by atoms with Crippen molar-refractivity contribution in [3.63, 3.8) is 0 Å². The Morgan fingerprint density at radius 2 is 2.09 bits per heavy atom. The number of H-pyrrole nitrogens is 1. The van der Waals surface area contributed by atoms with Crippen LogP contribution in [0.15, 0.2) is 24.4 Å². The van der Waals surface area contributed by atoms with Gasteiger partial charge in [0, 0.05) is 43.7 Å². The van der Waals surface area contributed by atoms with Crippen molar-refractivity contribution in [1.82, 2.24) is 9.88 Å². The average Bonchev–Trinajstić information content (AvgIpc) is 2.95. The van der Waals surface area contributed by atoms with Crippen LogP contribution in [0.3, 0.4) is 0 Å². The predicted molar refractivity (Wildman–Crippen MR) is 92.6 cm³/mol. The molecular formula is C19H26N2O2. The molecule has 1 fully saturated rings. The number of nitrogens with one attached hydrogen (secondary N) is 1. The molecule has 1 aromatic carbocycles. The van der Waals surface area contributed by atoms with Crippen LogP contribution in [0.4, 0.5) is 0 Å². The SMILES string of the molecule is COC1(C)CCN(C(=O)CCc2c[nH]c3ccc(C)cc23)CC1. The molecule has 1 aromatic heterocycles. The van der Waals surface area contributed by atoms with Crippen LogP contribution in [0.5, 0.6) is 0 Å². The smallest absolute Gasteiger partial charge is 0.222 e. The lowest BCUT2D eigenvalue weighted by atomic mass is 9.93. The fourth-order valence-corrected chi connectivity index (χ4v) is 3.33. The number of likely N-dealkylation sites (tertiary alicyclic amines) is 1. The number of hydrogen-bond acceptors (Lipinski definition) is 2. The van der Waals surface area contributed by atoms with Gasteiger partial charge in [-0.3, -0.25) is 4.79 Å². The van der Waals surface area contributed by atoms with Crippen LogP contribution >= 0.6 is 0 Å². The minimum Gasteiger partial charge on any atom is -0.378 e. The Balaban J connectivity index is 1.60. The molecule has 0 saturated carbocycles. The van der Waals surface area contributed by atoms with Gasteiger partial charge in [-0.05, 0) is 50.8 Å². The number of aryl methyl sites for hydroxylation is 2. The van der Waals surface area contributed by atoms with Gasteiger partial charge in [0.05, 0.1) is 5.60 Å². The summed E-state index contributed by atoms with van der Waals surface area (Å²) in [5, 5.41) is 1.24. The number of benzene rings is 1. The van der Waals surface area contributed by atoms with Gasteiger partial charge in [-0.2, -0.15) is 0 Å². The van der Waals surface area contributed by atoms with E-state index in [9.17, 15) is 4.79 Å². The summed E-state index contributed by atoms with van der Waals surface area (Å²) < 4.78 is 5.54. The highest BCUT2D eigenvalue weighted by molar-refractivity contribution is 5.85. The van der Waals surface area contributed by atoms with Crippen molar-refractivity contribution < 1.29 is 9.53 Å². The number of amides is 1. The Hall–Kier alpha value is -1.81. The number of aromatic amines is 1. The molecule has 2 heterocycles. The maximum atomic E-state index is 12.5. The van der Waals surface area contributed by atoms with Gasteiger partial charge in [0.25, 0.3) is 0 Å². The second-order valence-electron chi connectivity index (χ2n) is 6.90. The van der Waals surface area contributed by atoms with Crippen molar-refractivity contribution in [2.75, 3.05) is 20.2 Å². The van der Waals surface area contributed by atoms with E-state index in [1.165, 1.54) is 16.5 Å². The van der Waals surface area contributed by atoms with Gasteiger partial charge < -0.3 is 14.6 Å². The van der Waals surface area contributed by atoms with E-state index in [0.717, 1.165) is 37.9 Å². The van der Waals surface area contributed by atoms with Gasteiger partial charge >= 0.3 is 0 Å². The van der Waals surface area contributed by atoms with Crippen LogP contribution in [0.25, 0.3) is 10.9 Å². The highest BCUT2D eigenvalue weighted by Gasteiger charge is 2.31. The van der Waals surface area contributed by atoms with E-state index in [-0.39, 0.29) is 11.5 Å². The van der Waals surface area contributed by atoms with Crippen LogP contribution < -0.4 is 0 Å². The molecule has 3 rings (SSSR count). The Morgan fingerprint density at radius 1 is 1.35 bits per heavy atom. The Bertz CT molecular complexity index is 696. The molecular weight excluding hydrogens is 288 g/mol. The Morgan fingerprint density at radius 3 is 2.78 bits per heavy atom. The average molecular weight is 314 g/mol. The molecule has 0 atom stereocenters. The molecule has 0 spiro atoms. The van der Waals surface area contributed by atoms with Crippen molar-refractivity contribution in [3.8, 4) is 0 Å². The van der Waals surface area contributed by atoms with Crippen molar-refractivity contribution in [3.05, 3.63) is 35.5 Å². The largest absolute Gasteiger partial charge is 0.378 e. The van der Waals surface area contributed by atoms with E-state index >= 15 is 0 Å². The molecule has 4 heteroatoms. The van der Waals surface area contributed by atoms with Gasteiger partial charge in [0.2, 0.25) is 5.91 Å². The number of aromatic nitrogens is 1. The lowest BCUT2D eigenvalue weighted by molar-refractivity contribution is -0.135. The molecule has 23 heavy (non-hydrogen) atoms. The fraction of sp³-hybridized carbons (Fsp3) is 0.526. The van der Waals surface area contributed by atoms with Gasteiger partial charge in [-0.1, -0.05) is 11.6 Å². The number of carbonyl (C=O) groups excluding carboxylic acids is 1. The molecule has 0 bridgehead atoms. The molecule has 1 aliphatic heterocycles. The highest BCUT2D eigenvalue weighted by Crippen LogP contribution is 2.26. The standard InChI is InChI=1S/C19H26N2O2/c1-14-4-6-17-16(12-14)15(13-20-17)5-7-18(22)21-10-8-19(2,23-3)9-11-21/h4,6,12-13,20H,5,7-11H2,1-3H3. The summed E-state index contributed by atoms with van der Waals surface area (Å²) in [6.45, 7) is 5.83. The van der Waals surface area contributed by atoms with Crippen LogP contribution in [-0.2, 0) is 16.0 Å². The van der Waals surface area contributed by atoms with Crippen molar-refractivity contribution in [2.45, 2.75) is 45.1 Å². The van der Waals surface area contributed by atoms with Crippen LogP contribution in [0, 0.1) is 6.92 Å². The Kier molecular flexibility index (Phi) is 4.44. The second kappa shape index (κ2) is 6.36. The van der Waals surface area contributed by atoms with E-state index in [1.807, 2.05) is 11.1 Å². The van der Waals surface area contributed by atoms with Crippen LogP contribution in [0.2, 0.25) is 0 Å². The molecule has 1 saturated heterocycles. The first-order valence-electron chi connectivity index (χ1n) is 8.40. The van der Waals surface area contributed by atoms with Gasteiger partial charge in [0.1, 0.15) is 0 Å². The minimum absolute atomic E-state index is 0.0643. The summed E-state index contributed by atoms with van der Waals surface area (Å²) in [5.74, 6) is 0.255. The number of nitrogens with zero attached hydrogens (tertiary/aromatic N) is 1. The number of ether oxygens (including phenoxy) is 1. The molecule has 1 N–H and O–H groups in total. The predicted octanol–water partition coefficient (Wildman–Crippen LogP) is 3.44. The highest BCUT2D eigenvalue weighted by atomic mass is 16.5. The third-order valence-corrected chi connectivity index (χ3v) is 5.20. The van der Waals surface area contributed by atoms with Gasteiger partial charge in [-0.15, -0.1) is 0 Å². The number of rotatable bonds is 4. The summed E-state index contributed by atoms with van der Waals surface area (Å²) in [7, 11) is 1.76. The first kappa shape index (κ1) is 16.1. The number of carbonyl (C=O) groups is 1. The van der Waals surface area contributed by atoms with Crippen molar-refractivity contribution in [1.29, 1.82) is 0 Å². The zero-order valence-electron chi connectivity index (χ0n) is 14.3. The summed E-state index contributed by atoms with van der Waals surface area (Å²) in [6.07, 6.45) is 5.24. The quantitative estimate of drug-likeness (QED) is 0.939. The summed E-state index contributed by atoms with van der Waals surface area (Å²) in [4.78, 5) is 17.8. The molecule has 1 aliphatic rings. The lowest BCUT2D eigenvalue weighted by Gasteiger charge is -2.38. The first-order chi connectivity index (χ1) is 11.0. The maximum Gasteiger partial charge on any atom is 0.222 e. The number of hydrogen-bond donors (Lipinski definition) is 1. The number of piperidine rings is 1. The minimum atomic E-state index is -0.0643. The topological polar surface area (TPSA) is 45.3 Å². The summed E-state index contributed by atoms with van der Waals surface area (Å²) in [6, 6.07) is 6.40. The van der Waals surface area contributed by atoms with Gasteiger partial charge in [-0.25, -0.2) is 0 Å². The summed E-state index contributed by atoms with van der Waals surface area (Å²) in [5.41, 5.74) is 3.56. The van der Waals surface area contributed by atoms with E-state index in [4.69, 9.17) is 4.74 Å². The first-order valence-corrected chi connectivity index (χ1v) is 8.40. The number of methoxy groups -OCH3 is 1. The third kappa shape index (κ3) is 3.42. The molecule has 124 valence electrons. The third-order valence-electron chi connectivity index (χ3n) is 5.20. The van der Waals surface area contributed by atoms with E-state index < -0.39 is 0 Å². The van der Waals surface area contributed by atoms with Crippen molar-refractivity contribution in [2.24, 2.45) is 0 Å². The molecule has 0 unspecified atom stereocenters. The van der Waals surface area contributed by atoms with Crippen LogP contribution in [-0.4, -0.2) is 41.6 Å². The monoisotopic (exact) mass is 314 g/mol. The zero-order chi connectivity index (χ0) is 16.4. The Labute approximate surface area is 137 Å². The lowest BCUT2D eigenvalue weighted by Crippen LogP contribution is -2.46. The van der Waals surface area contributed by atoms with E-state index in [1.54, 1.807) is 7.11 Å². The molecule has 0 radical (unpaired) electrons. The molecule has 0 aliphatic carbocycles. The number of fused-ring (bicyclic) bond motifs is 1.